The zero-order chi connectivity index (χ0) is 29.9. The van der Waals surface area contributed by atoms with Crippen molar-refractivity contribution in [1.82, 2.24) is 20.1 Å². The van der Waals surface area contributed by atoms with Gasteiger partial charge in [-0.1, -0.05) is 49.6 Å². The molecule has 1 aromatic heterocycles. The summed E-state index contributed by atoms with van der Waals surface area (Å²) in [5, 5.41) is 3.13. The number of fused-ring (bicyclic) bond motifs is 1. The molecular formula is C35H45N5O3. The number of hydrogen-bond acceptors (Lipinski definition) is 6. The van der Waals surface area contributed by atoms with Gasteiger partial charge in [-0.2, -0.15) is 0 Å². The monoisotopic (exact) mass is 583 g/mol. The minimum atomic E-state index is -0.110. The molecule has 8 nitrogen and oxygen atoms in total. The van der Waals surface area contributed by atoms with E-state index in [0.29, 0.717) is 25.2 Å². The lowest BCUT2D eigenvalue weighted by atomic mass is 10.0. The molecule has 3 aromatic rings. The van der Waals surface area contributed by atoms with Crippen molar-refractivity contribution in [3.05, 3.63) is 94.8 Å². The molecule has 1 fully saturated rings. The van der Waals surface area contributed by atoms with Crippen LogP contribution < -0.4 is 10.2 Å². The molecule has 43 heavy (non-hydrogen) atoms. The molecule has 0 saturated carbocycles. The average molecular weight is 584 g/mol. The Hall–Kier alpha value is -3.59. The fraction of sp³-hybridized carbons (Fsp3) is 0.457. The first kappa shape index (κ1) is 30.9. The highest BCUT2D eigenvalue weighted by Crippen LogP contribution is 2.27. The standard InChI is InChI=1S/C35H45N5O3/c1-28(41)40-16-6-4-2-3-5-15-39(26-31-11-8-14-36-23-31)27-33-22-32(12-13-34(33)40)35(42)37-24-29-9-7-10-30(21-29)25-38-17-19-43-20-18-38/h7-14,21-23H,2-6,15-20,24-27H2,1H3,(H,37,42). The lowest BCUT2D eigenvalue weighted by Crippen LogP contribution is -2.35. The van der Waals surface area contributed by atoms with Crippen LogP contribution in [0.4, 0.5) is 5.69 Å². The number of nitrogens with one attached hydrogen (secondary N) is 1. The first-order valence-electron chi connectivity index (χ1n) is 15.7. The number of morpholine rings is 1. The van der Waals surface area contributed by atoms with Gasteiger partial charge in [0.2, 0.25) is 5.91 Å². The minimum Gasteiger partial charge on any atom is -0.379 e. The van der Waals surface area contributed by atoms with Crippen LogP contribution in [0, 0.1) is 0 Å². The summed E-state index contributed by atoms with van der Waals surface area (Å²) < 4.78 is 5.47. The Kier molecular flexibility index (Phi) is 11.3. The van der Waals surface area contributed by atoms with Gasteiger partial charge in [-0.25, -0.2) is 0 Å². The Morgan fingerprint density at radius 1 is 0.814 bits per heavy atom. The first-order chi connectivity index (χ1) is 21.0. The second-order valence-electron chi connectivity index (χ2n) is 11.7. The zero-order valence-electron chi connectivity index (χ0n) is 25.5. The van der Waals surface area contributed by atoms with E-state index in [1.165, 1.54) is 18.4 Å². The molecule has 5 rings (SSSR count). The maximum absolute atomic E-state index is 13.4. The van der Waals surface area contributed by atoms with Crippen molar-refractivity contribution in [2.45, 2.75) is 65.2 Å². The molecule has 0 aliphatic carbocycles. The van der Waals surface area contributed by atoms with Crippen molar-refractivity contribution in [3.8, 4) is 0 Å². The van der Waals surface area contributed by atoms with Gasteiger partial charge in [-0.3, -0.25) is 24.4 Å². The van der Waals surface area contributed by atoms with Crippen LogP contribution in [0.25, 0.3) is 0 Å². The van der Waals surface area contributed by atoms with E-state index in [2.05, 4.69) is 50.4 Å². The SMILES string of the molecule is CC(=O)N1CCCCCCCN(Cc2cccnc2)Cc2cc(C(=O)NCc3cccc(CN4CCOCC4)c3)ccc21. The van der Waals surface area contributed by atoms with E-state index in [0.717, 1.165) is 87.6 Å². The number of nitrogens with zero attached hydrogens (tertiary/aromatic N) is 4. The number of rotatable bonds is 7. The molecule has 2 aliphatic heterocycles. The molecular weight excluding hydrogens is 538 g/mol. The van der Waals surface area contributed by atoms with Crippen LogP contribution in [0.3, 0.4) is 0 Å². The summed E-state index contributed by atoms with van der Waals surface area (Å²) in [7, 11) is 0. The van der Waals surface area contributed by atoms with Crippen molar-refractivity contribution in [1.29, 1.82) is 0 Å². The van der Waals surface area contributed by atoms with Crippen molar-refractivity contribution < 1.29 is 14.3 Å². The second kappa shape index (κ2) is 15.8. The average Bonchev–Trinajstić information content (AvgIpc) is 3.02. The van der Waals surface area contributed by atoms with Crippen molar-refractivity contribution in [2.24, 2.45) is 0 Å². The number of anilines is 1. The smallest absolute Gasteiger partial charge is 0.251 e. The highest BCUT2D eigenvalue weighted by atomic mass is 16.5. The summed E-state index contributed by atoms with van der Waals surface area (Å²) in [6.07, 6.45) is 9.27. The van der Waals surface area contributed by atoms with Crippen LogP contribution >= 0.6 is 0 Å². The molecule has 8 heteroatoms. The fourth-order valence-corrected chi connectivity index (χ4v) is 6.04. The van der Waals surface area contributed by atoms with Crippen LogP contribution in [-0.2, 0) is 35.7 Å². The van der Waals surface area contributed by atoms with E-state index in [4.69, 9.17) is 4.74 Å². The molecule has 3 heterocycles. The lowest BCUT2D eigenvalue weighted by molar-refractivity contribution is -0.116. The largest absolute Gasteiger partial charge is 0.379 e. The van der Waals surface area contributed by atoms with Gasteiger partial charge >= 0.3 is 0 Å². The molecule has 1 saturated heterocycles. The Morgan fingerprint density at radius 2 is 1.56 bits per heavy atom. The molecule has 0 spiro atoms. The molecule has 2 aromatic carbocycles. The third-order valence-corrected chi connectivity index (χ3v) is 8.35. The summed E-state index contributed by atoms with van der Waals surface area (Å²) in [6.45, 7) is 9.49. The Bertz CT molecular complexity index is 1340. The number of aromatic nitrogens is 1. The second-order valence-corrected chi connectivity index (χ2v) is 11.7. The molecule has 0 bridgehead atoms. The normalized spacial score (nSPS) is 17.4. The van der Waals surface area contributed by atoms with Crippen molar-refractivity contribution in [2.75, 3.05) is 44.3 Å². The van der Waals surface area contributed by atoms with Crippen LogP contribution in [0.5, 0.6) is 0 Å². The van der Waals surface area contributed by atoms with Gasteiger partial charge in [-0.15, -0.1) is 0 Å². The van der Waals surface area contributed by atoms with Gasteiger partial charge in [0, 0.05) is 76.4 Å². The minimum absolute atomic E-state index is 0.0336. The predicted octanol–water partition coefficient (Wildman–Crippen LogP) is 5.16. The lowest BCUT2D eigenvalue weighted by Gasteiger charge is -2.29. The van der Waals surface area contributed by atoms with Gasteiger partial charge in [0.05, 0.1) is 13.2 Å². The Balaban J connectivity index is 1.33. The molecule has 0 atom stereocenters. The van der Waals surface area contributed by atoms with Gasteiger partial charge in [0.25, 0.3) is 5.91 Å². The zero-order valence-corrected chi connectivity index (χ0v) is 25.5. The Labute approximate surface area is 256 Å². The van der Waals surface area contributed by atoms with Crippen molar-refractivity contribution >= 4 is 17.5 Å². The van der Waals surface area contributed by atoms with E-state index in [9.17, 15) is 9.59 Å². The topological polar surface area (TPSA) is 78.0 Å². The third-order valence-electron chi connectivity index (χ3n) is 8.35. The van der Waals surface area contributed by atoms with Gasteiger partial charge in [0.15, 0.2) is 0 Å². The number of hydrogen-bond donors (Lipinski definition) is 1. The van der Waals surface area contributed by atoms with E-state index < -0.39 is 0 Å². The van der Waals surface area contributed by atoms with Gasteiger partial charge in [0.1, 0.15) is 0 Å². The van der Waals surface area contributed by atoms with E-state index in [1.54, 1.807) is 13.1 Å². The summed E-state index contributed by atoms with van der Waals surface area (Å²) in [6, 6.07) is 18.3. The highest BCUT2D eigenvalue weighted by molar-refractivity contribution is 5.97. The number of carbonyl (C=O) groups is 2. The molecule has 1 N–H and O–H groups in total. The quantitative estimate of drug-likeness (QED) is 0.414. The summed E-state index contributed by atoms with van der Waals surface area (Å²) in [5.74, 6) is -0.0769. The number of carbonyl (C=O) groups excluding carboxylic acids is 2. The number of ether oxygens (including phenoxy) is 1. The van der Waals surface area contributed by atoms with Crippen LogP contribution in [-0.4, -0.2) is 66.0 Å². The van der Waals surface area contributed by atoms with E-state index >= 15 is 0 Å². The highest BCUT2D eigenvalue weighted by Gasteiger charge is 2.20. The Morgan fingerprint density at radius 3 is 2.35 bits per heavy atom. The third kappa shape index (κ3) is 9.20. The number of benzene rings is 2. The van der Waals surface area contributed by atoms with E-state index in [-0.39, 0.29) is 11.8 Å². The molecule has 2 amide bonds. The summed E-state index contributed by atoms with van der Waals surface area (Å²) >= 11 is 0. The summed E-state index contributed by atoms with van der Waals surface area (Å²) in [5.41, 5.74) is 5.99. The molecule has 228 valence electrons. The molecule has 0 unspecified atom stereocenters. The van der Waals surface area contributed by atoms with Crippen molar-refractivity contribution in [3.63, 3.8) is 0 Å². The van der Waals surface area contributed by atoms with Crippen LogP contribution in [0.15, 0.2) is 67.0 Å². The maximum atomic E-state index is 13.4. The van der Waals surface area contributed by atoms with Crippen LogP contribution in [0.2, 0.25) is 0 Å². The van der Waals surface area contributed by atoms with Gasteiger partial charge in [-0.05, 0) is 65.9 Å². The number of amides is 2. The van der Waals surface area contributed by atoms with E-state index in [1.807, 2.05) is 35.4 Å². The first-order valence-corrected chi connectivity index (χ1v) is 15.7. The predicted molar refractivity (Wildman–Crippen MR) is 170 cm³/mol. The maximum Gasteiger partial charge on any atom is 0.251 e. The molecule has 0 radical (unpaired) electrons. The summed E-state index contributed by atoms with van der Waals surface area (Å²) in [4.78, 5) is 37.2. The number of pyridine rings is 1. The fourth-order valence-electron chi connectivity index (χ4n) is 6.04. The van der Waals surface area contributed by atoms with Crippen LogP contribution in [0.1, 0.15) is 71.6 Å². The molecule has 2 aliphatic rings. The van der Waals surface area contributed by atoms with Gasteiger partial charge < -0.3 is 15.0 Å².